The molecule has 0 aliphatic carbocycles. The Kier molecular flexibility index (Phi) is 5.98. The number of carbonyl (C=O) groups excluding carboxylic acids is 1. The van der Waals surface area contributed by atoms with Gasteiger partial charge >= 0.3 is 0 Å². The summed E-state index contributed by atoms with van der Waals surface area (Å²) in [5, 5.41) is 12.4. The van der Waals surface area contributed by atoms with Gasteiger partial charge in [-0.1, -0.05) is 54.9 Å². The number of aromatic hydroxyl groups is 1. The first-order valence-corrected chi connectivity index (χ1v) is 11.6. The van der Waals surface area contributed by atoms with E-state index in [2.05, 4.69) is 0 Å². The second kappa shape index (κ2) is 9.11. The van der Waals surface area contributed by atoms with Crippen molar-refractivity contribution >= 4 is 17.5 Å². The molecule has 180 valence electrons. The molecular formula is C26H23ClFN3O4. The summed E-state index contributed by atoms with van der Waals surface area (Å²) in [7, 11) is 0. The molecule has 3 heterocycles. The van der Waals surface area contributed by atoms with Gasteiger partial charge < -0.3 is 14.7 Å². The lowest BCUT2D eigenvalue weighted by Gasteiger charge is -2.45. The van der Waals surface area contributed by atoms with Crippen LogP contribution < -0.4 is 15.2 Å². The Hall–Kier alpha value is -3.78. The van der Waals surface area contributed by atoms with Gasteiger partial charge in [0.25, 0.3) is 5.91 Å². The molecule has 2 bridgehead atoms. The van der Waals surface area contributed by atoms with Crippen LogP contribution in [0.5, 0.6) is 11.5 Å². The minimum atomic E-state index is -0.649. The predicted octanol–water partition coefficient (Wildman–Crippen LogP) is 4.21. The van der Waals surface area contributed by atoms with Crippen molar-refractivity contribution < 1.29 is 19.0 Å². The fraction of sp³-hybridized carbons (Fsp3) is 0.231. The molecule has 7 nitrogen and oxygen atoms in total. The van der Waals surface area contributed by atoms with E-state index in [1.807, 2.05) is 48.3 Å². The molecule has 35 heavy (non-hydrogen) atoms. The van der Waals surface area contributed by atoms with Crippen LogP contribution in [0.1, 0.15) is 41.0 Å². The third-order valence-electron chi connectivity index (χ3n) is 6.38. The maximum Gasteiger partial charge on any atom is 0.278 e. The molecule has 0 fully saturated rings. The largest absolute Gasteiger partial charge is 0.502 e. The number of pyridine rings is 1. The molecule has 9 heteroatoms. The van der Waals surface area contributed by atoms with Gasteiger partial charge in [-0.25, -0.2) is 4.39 Å². The highest BCUT2D eigenvalue weighted by Crippen LogP contribution is 2.41. The zero-order valence-corrected chi connectivity index (χ0v) is 19.7. The first kappa shape index (κ1) is 23.0. The summed E-state index contributed by atoms with van der Waals surface area (Å²) in [4.78, 5) is 27.5. The Bertz CT molecular complexity index is 1380. The number of amides is 1. The first-order valence-electron chi connectivity index (χ1n) is 11.3. The number of ether oxygens (including phenoxy) is 1. The smallest absolute Gasteiger partial charge is 0.278 e. The zero-order chi connectivity index (χ0) is 24.7. The SMILES string of the molecule is CC[C@@H]1/C=C\COc2c(ccc(F)c2Cl)[C@H](c2ccccc2)N2CN1C(=O)c1c(O)c(=O)ccn12. The molecule has 2 aliphatic rings. The highest BCUT2D eigenvalue weighted by molar-refractivity contribution is 6.32. The number of benzene rings is 2. The molecule has 2 atom stereocenters. The number of halogens is 2. The topological polar surface area (TPSA) is 75.0 Å². The van der Waals surface area contributed by atoms with E-state index in [1.54, 1.807) is 17.0 Å². The van der Waals surface area contributed by atoms with E-state index >= 15 is 0 Å². The van der Waals surface area contributed by atoms with E-state index in [9.17, 15) is 19.1 Å². The number of aromatic nitrogens is 1. The third kappa shape index (κ3) is 3.83. The maximum atomic E-state index is 14.5. The second-order valence-electron chi connectivity index (χ2n) is 8.39. The summed E-state index contributed by atoms with van der Waals surface area (Å²) in [6.07, 6.45) is 5.64. The van der Waals surface area contributed by atoms with Gasteiger partial charge in [0, 0.05) is 17.8 Å². The average Bonchev–Trinajstić information content (AvgIpc) is 2.89. The number of rotatable bonds is 2. The number of hydrogen-bond donors (Lipinski definition) is 1. The molecule has 0 spiro atoms. The molecule has 1 aromatic heterocycles. The van der Waals surface area contributed by atoms with Crippen LogP contribution in [0.15, 0.2) is 71.7 Å². The van der Waals surface area contributed by atoms with Crippen molar-refractivity contribution in [2.45, 2.75) is 25.4 Å². The first-order chi connectivity index (χ1) is 16.9. The normalized spacial score (nSPS) is 20.4. The monoisotopic (exact) mass is 495 g/mol. The summed E-state index contributed by atoms with van der Waals surface area (Å²) >= 11 is 6.39. The summed E-state index contributed by atoms with van der Waals surface area (Å²) in [6.45, 7) is 2.19. The number of carbonyl (C=O) groups is 1. The Labute approximate surface area is 206 Å². The van der Waals surface area contributed by atoms with Gasteiger partial charge in [-0.3, -0.25) is 19.3 Å². The van der Waals surface area contributed by atoms with Crippen LogP contribution in [0.25, 0.3) is 0 Å². The number of fused-ring (bicyclic) bond motifs is 5. The molecule has 1 amide bonds. The number of hydrogen-bond acceptors (Lipinski definition) is 5. The molecule has 0 radical (unpaired) electrons. The van der Waals surface area contributed by atoms with Crippen LogP contribution in [0.3, 0.4) is 0 Å². The highest BCUT2D eigenvalue weighted by atomic mass is 35.5. The van der Waals surface area contributed by atoms with Gasteiger partial charge in [0.05, 0.1) is 6.04 Å². The summed E-state index contributed by atoms with van der Waals surface area (Å²) in [6, 6.07) is 12.6. The van der Waals surface area contributed by atoms with E-state index in [4.69, 9.17) is 16.3 Å². The van der Waals surface area contributed by atoms with E-state index in [0.29, 0.717) is 12.0 Å². The van der Waals surface area contributed by atoms with Crippen molar-refractivity contribution in [3.8, 4) is 11.5 Å². The van der Waals surface area contributed by atoms with Gasteiger partial charge in [-0.2, -0.15) is 0 Å². The Morgan fingerprint density at radius 2 is 1.91 bits per heavy atom. The lowest BCUT2D eigenvalue weighted by atomic mass is 9.96. The average molecular weight is 496 g/mol. The quantitative estimate of drug-likeness (QED) is 0.539. The van der Waals surface area contributed by atoms with Gasteiger partial charge in [-0.15, -0.1) is 0 Å². The van der Waals surface area contributed by atoms with Gasteiger partial charge in [0.1, 0.15) is 35.9 Å². The van der Waals surface area contributed by atoms with Crippen molar-refractivity contribution in [3.05, 3.63) is 105 Å². The van der Waals surface area contributed by atoms with E-state index in [-0.39, 0.29) is 35.8 Å². The number of nitrogens with zero attached hydrogens (tertiary/aromatic N) is 3. The molecule has 1 N–H and O–H groups in total. The molecule has 3 aromatic rings. The molecule has 0 unspecified atom stereocenters. The summed E-state index contributed by atoms with van der Waals surface area (Å²) in [5.74, 6) is -1.51. The molecule has 0 saturated carbocycles. The lowest BCUT2D eigenvalue weighted by molar-refractivity contribution is 0.0626. The molecule has 5 rings (SSSR count). The highest BCUT2D eigenvalue weighted by Gasteiger charge is 2.39. The predicted molar refractivity (Wildman–Crippen MR) is 130 cm³/mol. The van der Waals surface area contributed by atoms with E-state index in [0.717, 1.165) is 5.56 Å². The minimum absolute atomic E-state index is 0.117. The van der Waals surface area contributed by atoms with Crippen LogP contribution in [0, 0.1) is 5.82 Å². The standard InChI is InChI=1S/C26H23ClFN3O4/c1-2-17-9-6-14-35-25-18(10-11-19(28)21(25)27)22(16-7-4-3-5-8-16)31-15-29(17)26(34)23-24(33)20(32)12-13-30(23)31/h3-13,17,22,33H,2,14-15H2,1H3/b9-6-/t17-,22+/m1/s1. The second-order valence-corrected chi connectivity index (χ2v) is 8.76. The van der Waals surface area contributed by atoms with Crippen LogP contribution in [0.4, 0.5) is 4.39 Å². The van der Waals surface area contributed by atoms with Gasteiger partial charge in [0.2, 0.25) is 5.43 Å². The maximum absolute atomic E-state index is 14.5. The zero-order valence-electron chi connectivity index (χ0n) is 18.9. The van der Waals surface area contributed by atoms with Crippen LogP contribution in [0.2, 0.25) is 5.02 Å². The third-order valence-corrected chi connectivity index (χ3v) is 6.73. The summed E-state index contributed by atoms with van der Waals surface area (Å²) in [5.41, 5.74) is 0.610. The fourth-order valence-electron chi connectivity index (χ4n) is 4.68. The van der Waals surface area contributed by atoms with Gasteiger partial charge in [0.15, 0.2) is 11.4 Å². The van der Waals surface area contributed by atoms with Crippen molar-refractivity contribution in [3.63, 3.8) is 0 Å². The van der Waals surface area contributed by atoms with Crippen molar-refractivity contribution in [1.29, 1.82) is 0 Å². The molecule has 2 aliphatic heterocycles. The Morgan fingerprint density at radius 3 is 2.66 bits per heavy atom. The van der Waals surface area contributed by atoms with E-state index in [1.165, 1.54) is 23.0 Å². The van der Waals surface area contributed by atoms with Crippen LogP contribution >= 0.6 is 11.6 Å². The lowest BCUT2D eigenvalue weighted by Crippen LogP contribution is -2.57. The fourth-order valence-corrected chi connectivity index (χ4v) is 4.90. The van der Waals surface area contributed by atoms with Crippen molar-refractivity contribution in [2.75, 3.05) is 18.3 Å². The minimum Gasteiger partial charge on any atom is -0.502 e. The Balaban J connectivity index is 1.84. The molecule has 2 aromatic carbocycles. The van der Waals surface area contributed by atoms with Crippen LogP contribution in [-0.4, -0.2) is 39.9 Å². The van der Waals surface area contributed by atoms with Gasteiger partial charge in [-0.05, 0) is 30.2 Å². The van der Waals surface area contributed by atoms with E-state index < -0.39 is 28.9 Å². The Morgan fingerprint density at radius 1 is 1.14 bits per heavy atom. The van der Waals surface area contributed by atoms with Crippen LogP contribution in [-0.2, 0) is 0 Å². The molecular weight excluding hydrogens is 473 g/mol. The van der Waals surface area contributed by atoms with Crippen molar-refractivity contribution in [1.82, 2.24) is 9.58 Å². The summed E-state index contributed by atoms with van der Waals surface area (Å²) < 4.78 is 22.0. The molecule has 0 saturated heterocycles. The van der Waals surface area contributed by atoms with Crippen molar-refractivity contribution in [2.24, 2.45) is 0 Å².